The van der Waals surface area contributed by atoms with Crippen molar-refractivity contribution in [1.82, 2.24) is 30.2 Å². The van der Waals surface area contributed by atoms with Crippen molar-refractivity contribution in [2.24, 2.45) is 0 Å². The van der Waals surface area contributed by atoms with E-state index >= 15 is 0 Å². The molecule has 11 heteroatoms. The number of H-pyrrole nitrogens is 1. The second-order valence-electron chi connectivity index (χ2n) is 7.48. The maximum Gasteiger partial charge on any atom is 0.252 e. The molecule has 0 unspecified atom stereocenters. The van der Waals surface area contributed by atoms with Gasteiger partial charge in [0.25, 0.3) is 5.56 Å². The average Bonchev–Trinajstić information content (AvgIpc) is 3.32. The molecule has 1 N–H and O–H groups in total. The van der Waals surface area contributed by atoms with Gasteiger partial charge in [0, 0.05) is 38.0 Å². The largest absolute Gasteiger partial charge is 0.366 e. The van der Waals surface area contributed by atoms with Gasteiger partial charge in [-0.05, 0) is 34.7 Å². The van der Waals surface area contributed by atoms with Crippen LogP contribution in [0.25, 0.3) is 5.69 Å². The standard InChI is InChI=1S/C22H21FN8OS/c23-18-8-4-5-9-19(18)29-10-12-30(13-11-29)21-24-16(14-20(32)25-21)15-33-22-26-27-28-31(22)17-6-2-1-3-7-17/h1-9,14H,10-13,15H2,(H,24,25,32). The lowest BCUT2D eigenvalue weighted by Crippen LogP contribution is -2.47. The van der Waals surface area contributed by atoms with E-state index in [-0.39, 0.29) is 11.4 Å². The van der Waals surface area contributed by atoms with Crippen molar-refractivity contribution in [2.45, 2.75) is 10.9 Å². The van der Waals surface area contributed by atoms with Gasteiger partial charge in [-0.3, -0.25) is 9.78 Å². The Balaban J connectivity index is 1.27. The van der Waals surface area contributed by atoms with Gasteiger partial charge in [-0.15, -0.1) is 5.10 Å². The van der Waals surface area contributed by atoms with Crippen LogP contribution in [0.2, 0.25) is 0 Å². The van der Waals surface area contributed by atoms with Crippen LogP contribution in [-0.2, 0) is 5.75 Å². The minimum Gasteiger partial charge on any atom is -0.366 e. The van der Waals surface area contributed by atoms with Gasteiger partial charge in [-0.25, -0.2) is 9.37 Å². The Bertz CT molecular complexity index is 1290. The van der Waals surface area contributed by atoms with Crippen LogP contribution < -0.4 is 15.4 Å². The van der Waals surface area contributed by atoms with Crippen molar-refractivity contribution in [3.05, 3.63) is 82.5 Å². The molecule has 1 saturated heterocycles. The van der Waals surface area contributed by atoms with E-state index < -0.39 is 0 Å². The number of piperazine rings is 1. The topological polar surface area (TPSA) is 95.8 Å². The van der Waals surface area contributed by atoms with E-state index in [1.165, 1.54) is 23.9 Å². The minimum absolute atomic E-state index is 0.213. The Morgan fingerprint density at radius 3 is 2.48 bits per heavy atom. The summed E-state index contributed by atoms with van der Waals surface area (Å²) in [6.45, 7) is 2.52. The highest BCUT2D eigenvalue weighted by Gasteiger charge is 2.21. The third kappa shape index (κ3) is 4.72. The molecule has 1 fully saturated rings. The number of aromatic amines is 1. The molecule has 1 aliphatic heterocycles. The van der Waals surface area contributed by atoms with Crippen LogP contribution in [0.3, 0.4) is 0 Å². The van der Waals surface area contributed by atoms with E-state index in [9.17, 15) is 9.18 Å². The fourth-order valence-electron chi connectivity index (χ4n) is 3.72. The lowest BCUT2D eigenvalue weighted by atomic mass is 10.2. The van der Waals surface area contributed by atoms with Crippen LogP contribution >= 0.6 is 11.8 Å². The maximum absolute atomic E-state index is 14.1. The number of rotatable bonds is 6. The highest BCUT2D eigenvalue weighted by Crippen LogP contribution is 2.23. The first-order chi connectivity index (χ1) is 16.2. The zero-order valence-electron chi connectivity index (χ0n) is 17.6. The van der Waals surface area contributed by atoms with Crippen molar-refractivity contribution in [2.75, 3.05) is 36.0 Å². The molecule has 0 aliphatic carbocycles. The molecule has 0 saturated carbocycles. The Morgan fingerprint density at radius 1 is 0.970 bits per heavy atom. The average molecular weight is 465 g/mol. The summed E-state index contributed by atoms with van der Waals surface area (Å²) in [5.41, 5.74) is 1.88. The number of nitrogens with one attached hydrogen (secondary N) is 1. The molecule has 0 bridgehead atoms. The predicted molar refractivity (Wildman–Crippen MR) is 124 cm³/mol. The Kier molecular flexibility index (Phi) is 6.03. The molecule has 0 spiro atoms. The van der Waals surface area contributed by atoms with Crippen molar-refractivity contribution < 1.29 is 4.39 Å². The number of benzene rings is 2. The lowest BCUT2D eigenvalue weighted by molar-refractivity contribution is 0.593. The number of hydrogen-bond donors (Lipinski definition) is 1. The first kappa shape index (κ1) is 21.1. The van der Waals surface area contributed by atoms with Crippen LogP contribution in [0.4, 0.5) is 16.0 Å². The molecule has 168 valence electrons. The van der Waals surface area contributed by atoms with E-state index in [0.717, 1.165) is 5.69 Å². The van der Waals surface area contributed by atoms with E-state index in [1.54, 1.807) is 16.8 Å². The molecule has 9 nitrogen and oxygen atoms in total. The summed E-state index contributed by atoms with van der Waals surface area (Å²) >= 11 is 1.41. The lowest BCUT2D eigenvalue weighted by Gasteiger charge is -2.36. The van der Waals surface area contributed by atoms with Crippen LogP contribution in [-0.4, -0.2) is 56.4 Å². The molecule has 1 aliphatic rings. The summed E-state index contributed by atoms with van der Waals surface area (Å²) < 4.78 is 15.8. The van der Waals surface area contributed by atoms with E-state index in [4.69, 9.17) is 0 Å². The SMILES string of the molecule is O=c1cc(CSc2nnnn2-c2ccccc2)nc(N2CCN(c3ccccc3F)CC2)[nH]1. The fraction of sp³-hybridized carbons (Fsp3) is 0.227. The minimum atomic E-state index is -0.227. The van der Waals surface area contributed by atoms with Gasteiger partial charge < -0.3 is 9.80 Å². The van der Waals surface area contributed by atoms with E-state index in [0.29, 0.717) is 54.4 Å². The van der Waals surface area contributed by atoms with Crippen molar-refractivity contribution >= 4 is 23.4 Å². The predicted octanol–water partition coefficient (Wildman–Crippen LogP) is 2.50. The Labute approximate surface area is 193 Å². The number of halogens is 1. The van der Waals surface area contributed by atoms with Crippen molar-refractivity contribution in [3.63, 3.8) is 0 Å². The molecule has 33 heavy (non-hydrogen) atoms. The highest BCUT2D eigenvalue weighted by molar-refractivity contribution is 7.98. The number of para-hydroxylation sites is 2. The molecule has 4 aromatic rings. The number of thioether (sulfide) groups is 1. The van der Waals surface area contributed by atoms with Crippen LogP contribution in [0.5, 0.6) is 0 Å². The summed E-state index contributed by atoms with van der Waals surface area (Å²) in [7, 11) is 0. The molecular weight excluding hydrogens is 443 g/mol. The molecule has 3 heterocycles. The molecule has 5 rings (SSSR count). The van der Waals surface area contributed by atoms with Gasteiger partial charge in [-0.1, -0.05) is 42.1 Å². The Hall–Kier alpha value is -3.73. The van der Waals surface area contributed by atoms with Gasteiger partial charge in [0.15, 0.2) is 0 Å². The molecule has 0 atom stereocenters. The number of tetrazole rings is 1. The van der Waals surface area contributed by atoms with Crippen LogP contribution in [0, 0.1) is 5.82 Å². The smallest absolute Gasteiger partial charge is 0.252 e. The summed E-state index contributed by atoms with van der Waals surface area (Å²) in [5.74, 6) is 0.738. The zero-order valence-corrected chi connectivity index (χ0v) is 18.5. The molecule has 2 aromatic carbocycles. The van der Waals surface area contributed by atoms with Gasteiger partial charge >= 0.3 is 0 Å². The maximum atomic E-state index is 14.1. The summed E-state index contributed by atoms with van der Waals surface area (Å²) in [5, 5.41) is 12.5. The summed E-state index contributed by atoms with van der Waals surface area (Å²) in [6, 6.07) is 17.9. The number of nitrogens with zero attached hydrogens (tertiary/aromatic N) is 7. The molecule has 2 aromatic heterocycles. The van der Waals surface area contributed by atoms with Crippen molar-refractivity contribution in [1.29, 1.82) is 0 Å². The van der Waals surface area contributed by atoms with Crippen LogP contribution in [0.15, 0.2) is 70.6 Å². The first-order valence-corrected chi connectivity index (χ1v) is 11.5. The third-order valence-corrected chi connectivity index (χ3v) is 6.30. The third-order valence-electron chi connectivity index (χ3n) is 5.35. The zero-order chi connectivity index (χ0) is 22.6. The summed E-state index contributed by atoms with van der Waals surface area (Å²) in [6.07, 6.45) is 0. The van der Waals surface area contributed by atoms with E-state index in [2.05, 4.69) is 25.5 Å². The monoisotopic (exact) mass is 464 g/mol. The number of hydrogen-bond acceptors (Lipinski definition) is 8. The van der Waals surface area contributed by atoms with Crippen molar-refractivity contribution in [3.8, 4) is 5.69 Å². The Morgan fingerprint density at radius 2 is 1.70 bits per heavy atom. The molecular formula is C22H21FN8OS. The highest BCUT2D eigenvalue weighted by atomic mass is 32.2. The second kappa shape index (κ2) is 9.41. The first-order valence-electron chi connectivity index (χ1n) is 10.5. The normalized spacial score (nSPS) is 14.0. The quantitative estimate of drug-likeness (QED) is 0.435. The number of anilines is 2. The van der Waals surface area contributed by atoms with E-state index in [1.807, 2.05) is 46.2 Å². The van der Waals surface area contributed by atoms with Gasteiger partial charge in [0.2, 0.25) is 11.1 Å². The van der Waals surface area contributed by atoms with Gasteiger partial charge in [0.05, 0.1) is 17.1 Å². The number of aromatic nitrogens is 6. The fourth-order valence-corrected chi connectivity index (χ4v) is 4.51. The van der Waals surface area contributed by atoms with Gasteiger partial charge in [0.1, 0.15) is 5.82 Å². The van der Waals surface area contributed by atoms with Crippen LogP contribution in [0.1, 0.15) is 5.69 Å². The molecule has 0 amide bonds. The second-order valence-corrected chi connectivity index (χ2v) is 8.43. The van der Waals surface area contributed by atoms with Gasteiger partial charge in [-0.2, -0.15) is 4.68 Å². The summed E-state index contributed by atoms with van der Waals surface area (Å²) in [4.78, 5) is 23.8. The molecule has 0 radical (unpaired) electrons.